The van der Waals surface area contributed by atoms with Crippen LogP contribution in [0.15, 0.2) is 42.5 Å². The van der Waals surface area contributed by atoms with Crippen molar-refractivity contribution in [3.8, 4) is 23.0 Å². The number of methoxy groups -OCH3 is 1. The summed E-state index contributed by atoms with van der Waals surface area (Å²) in [7, 11) is 1.37. The van der Waals surface area contributed by atoms with E-state index in [-0.39, 0.29) is 23.8 Å². The fourth-order valence-electron chi connectivity index (χ4n) is 2.17. The molecular weight excluding hydrogens is 318 g/mol. The minimum atomic E-state index is -0.983. The second-order valence-electron chi connectivity index (χ2n) is 4.88. The third kappa shape index (κ3) is 3.07. The highest BCUT2D eigenvalue weighted by Crippen LogP contribution is 2.34. The fraction of sp³-hybridized carbons (Fsp3) is 0.188. The van der Waals surface area contributed by atoms with Crippen molar-refractivity contribution in [2.75, 3.05) is 13.7 Å². The summed E-state index contributed by atoms with van der Waals surface area (Å²) in [5.41, 5.74) is -0.218. The van der Waals surface area contributed by atoms with Gasteiger partial charge in [-0.1, -0.05) is 12.1 Å². The van der Waals surface area contributed by atoms with Gasteiger partial charge in [0.05, 0.1) is 18.1 Å². The highest BCUT2D eigenvalue weighted by Gasteiger charge is 2.30. The fourth-order valence-corrected chi connectivity index (χ4v) is 2.17. The first kappa shape index (κ1) is 15.6. The lowest BCUT2D eigenvalue weighted by atomic mass is 10.2. The Morgan fingerprint density at radius 1 is 1.21 bits per heavy atom. The van der Waals surface area contributed by atoms with E-state index >= 15 is 0 Å². The molecule has 1 heterocycles. The number of hydrogen-bond acceptors (Lipinski definition) is 7. The number of nitrogens with zero attached hydrogens (tertiary/aromatic N) is 1. The zero-order valence-electron chi connectivity index (χ0n) is 12.6. The Morgan fingerprint density at radius 2 is 1.96 bits per heavy atom. The Balaban J connectivity index is 1.78. The van der Waals surface area contributed by atoms with Crippen LogP contribution >= 0.6 is 0 Å². The zero-order chi connectivity index (χ0) is 17.1. The number of esters is 1. The highest BCUT2D eigenvalue weighted by atomic mass is 16.6. The van der Waals surface area contributed by atoms with E-state index in [1.165, 1.54) is 19.2 Å². The topological polar surface area (TPSA) is 97.1 Å². The molecule has 0 aliphatic carbocycles. The molecule has 0 amide bonds. The van der Waals surface area contributed by atoms with E-state index in [4.69, 9.17) is 18.9 Å². The Kier molecular flexibility index (Phi) is 4.19. The van der Waals surface area contributed by atoms with E-state index < -0.39 is 17.0 Å². The molecule has 1 aliphatic heterocycles. The van der Waals surface area contributed by atoms with Crippen molar-refractivity contribution in [2.45, 2.75) is 6.10 Å². The van der Waals surface area contributed by atoms with E-state index in [9.17, 15) is 14.9 Å². The SMILES string of the molecule is COc1ccc([N+](=O)[O-])cc1OC(=O)[C@@H]1COc2ccccc2O1. The van der Waals surface area contributed by atoms with Gasteiger partial charge in [-0.3, -0.25) is 10.1 Å². The van der Waals surface area contributed by atoms with Crippen LogP contribution in [0.3, 0.4) is 0 Å². The molecule has 0 saturated carbocycles. The second-order valence-corrected chi connectivity index (χ2v) is 4.88. The van der Waals surface area contributed by atoms with Crippen molar-refractivity contribution in [1.82, 2.24) is 0 Å². The van der Waals surface area contributed by atoms with Crippen LogP contribution in [-0.4, -0.2) is 30.7 Å². The standard InChI is InChI=1S/C16H13NO7/c1-21-11-7-6-10(17(19)20)8-14(11)24-16(18)15-9-22-12-4-2-3-5-13(12)23-15/h2-8,15H,9H2,1H3/t15-/m0/s1. The summed E-state index contributed by atoms with van der Waals surface area (Å²) in [5.74, 6) is 0.375. The lowest BCUT2D eigenvalue weighted by Crippen LogP contribution is -2.39. The molecule has 2 aromatic carbocycles. The number of rotatable bonds is 4. The molecule has 0 aromatic heterocycles. The third-order valence-electron chi connectivity index (χ3n) is 3.34. The molecule has 124 valence electrons. The van der Waals surface area contributed by atoms with Crippen molar-refractivity contribution >= 4 is 11.7 Å². The molecule has 1 atom stereocenters. The largest absolute Gasteiger partial charge is 0.493 e. The molecule has 0 saturated heterocycles. The Morgan fingerprint density at radius 3 is 2.67 bits per heavy atom. The van der Waals surface area contributed by atoms with Crippen molar-refractivity contribution in [3.63, 3.8) is 0 Å². The van der Waals surface area contributed by atoms with Crippen molar-refractivity contribution < 1.29 is 28.7 Å². The maximum Gasteiger partial charge on any atom is 0.356 e. The van der Waals surface area contributed by atoms with Crippen molar-refractivity contribution in [2.24, 2.45) is 0 Å². The molecule has 0 bridgehead atoms. The third-order valence-corrected chi connectivity index (χ3v) is 3.34. The first-order valence-electron chi connectivity index (χ1n) is 7.01. The Bertz CT molecular complexity index is 790. The Labute approximate surface area is 136 Å². The summed E-state index contributed by atoms with van der Waals surface area (Å²) in [5, 5.41) is 10.9. The number of fused-ring (bicyclic) bond motifs is 1. The van der Waals surface area contributed by atoms with Crippen LogP contribution in [0.5, 0.6) is 23.0 Å². The number of nitro benzene ring substituents is 1. The first-order valence-corrected chi connectivity index (χ1v) is 7.01. The van der Waals surface area contributed by atoms with Crippen LogP contribution in [0.1, 0.15) is 0 Å². The average molecular weight is 331 g/mol. The molecule has 0 spiro atoms. The molecule has 3 rings (SSSR count). The van der Waals surface area contributed by atoms with E-state index in [0.717, 1.165) is 6.07 Å². The van der Waals surface area contributed by atoms with Crippen LogP contribution in [0, 0.1) is 10.1 Å². The van der Waals surface area contributed by atoms with E-state index in [2.05, 4.69) is 0 Å². The molecule has 8 nitrogen and oxygen atoms in total. The second kappa shape index (κ2) is 6.45. The Hall–Kier alpha value is -3.29. The van der Waals surface area contributed by atoms with Crippen LogP contribution in [0.25, 0.3) is 0 Å². The smallest absolute Gasteiger partial charge is 0.356 e. The molecule has 24 heavy (non-hydrogen) atoms. The van der Waals surface area contributed by atoms with Gasteiger partial charge >= 0.3 is 5.97 Å². The lowest BCUT2D eigenvalue weighted by molar-refractivity contribution is -0.384. The van der Waals surface area contributed by atoms with E-state index in [0.29, 0.717) is 11.5 Å². The molecule has 8 heteroatoms. The summed E-state index contributed by atoms with van der Waals surface area (Å²) in [6.45, 7) is -0.0207. The molecule has 0 fully saturated rings. The van der Waals surface area contributed by atoms with Gasteiger partial charge in [0.25, 0.3) is 5.69 Å². The summed E-state index contributed by atoms with van der Waals surface area (Å²) in [6, 6.07) is 10.7. The quantitative estimate of drug-likeness (QED) is 0.367. The number of benzene rings is 2. The monoisotopic (exact) mass is 331 g/mol. The maximum absolute atomic E-state index is 12.3. The molecule has 0 radical (unpaired) electrons. The number of nitro groups is 1. The van der Waals surface area contributed by atoms with E-state index in [1.807, 2.05) is 0 Å². The summed E-state index contributed by atoms with van der Waals surface area (Å²) < 4.78 is 21.3. The maximum atomic E-state index is 12.3. The van der Waals surface area contributed by atoms with Gasteiger partial charge in [-0.25, -0.2) is 4.79 Å². The number of non-ortho nitro benzene ring substituents is 1. The van der Waals surface area contributed by atoms with Gasteiger partial charge in [-0.2, -0.15) is 0 Å². The molecule has 0 N–H and O–H groups in total. The predicted octanol–water partition coefficient (Wildman–Crippen LogP) is 2.35. The van der Waals surface area contributed by atoms with Gasteiger partial charge in [0, 0.05) is 6.07 Å². The molecular formula is C16H13NO7. The highest BCUT2D eigenvalue weighted by molar-refractivity contribution is 5.79. The number of carbonyl (C=O) groups excluding carboxylic acids is 1. The van der Waals surface area contributed by atoms with Crippen LogP contribution < -0.4 is 18.9 Å². The zero-order valence-corrected chi connectivity index (χ0v) is 12.6. The van der Waals surface area contributed by atoms with Gasteiger partial charge in [-0.15, -0.1) is 0 Å². The first-order chi connectivity index (χ1) is 11.6. The minimum absolute atomic E-state index is 0.0207. The van der Waals surface area contributed by atoms with Gasteiger partial charge in [-0.05, 0) is 18.2 Å². The van der Waals surface area contributed by atoms with Crippen LogP contribution in [-0.2, 0) is 4.79 Å². The van der Waals surface area contributed by atoms with Gasteiger partial charge in [0.1, 0.15) is 6.61 Å². The predicted molar refractivity (Wildman–Crippen MR) is 81.6 cm³/mol. The minimum Gasteiger partial charge on any atom is -0.493 e. The molecule has 2 aromatic rings. The molecule has 0 unspecified atom stereocenters. The van der Waals surface area contributed by atoms with Crippen LogP contribution in [0.4, 0.5) is 5.69 Å². The average Bonchev–Trinajstić information content (AvgIpc) is 2.61. The number of ether oxygens (including phenoxy) is 4. The number of carbonyl (C=O) groups is 1. The van der Waals surface area contributed by atoms with Crippen LogP contribution in [0.2, 0.25) is 0 Å². The molecule has 1 aliphatic rings. The summed E-state index contributed by atoms with van der Waals surface area (Å²) in [6.07, 6.45) is -0.983. The summed E-state index contributed by atoms with van der Waals surface area (Å²) >= 11 is 0. The van der Waals surface area contributed by atoms with Crippen molar-refractivity contribution in [3.05, 3.63) is 52.6 Å². The van der Waals surface area contributed by atoms with Gasteiger partial charge in [0.2, 0.25) is 6.10 Å². The number of para-hydroxylation sites is 2. The summed E-state index contributed by atoms with van der Waals surface area (Å²) in [4.78, 5) is 22.5. The van der Waals surface area contributed by atoms with Crippen molar-refractivity contribution in [1.29, 1.82) is 0 Å². The lowest BCUT2D eigenvalue weighted by Gasteiger charge is -2.25. The van der Waals surface area contributed by atoms with Gasteiger partial charge in [0.15, 0.2) is 23.0 Å². The van der Waals surface area contributed by atoms with Gasteiger partial charge < -0.3 is 18.9 Å². The number of hydrogen-bond donors (Lipinski definition) is 0. The normalized spacial score (nSPS) is 15.5. The van der Waals surface area contributed by atoms with E-state index in [1.54, 1.807) is 24.3 Å².